The molecule has 0 bridgehead atoms. The van der Waals surface area contributed by atoms with Crippen LogP contribution in [0.2, 0.25) is 0 Å². The van der Waals surface area contributed by atoms with Crippen LogP contribution >= 0.6 is 0 Å². The lowest BCUT2D eigenvalue weighted by molar-refractivity contribution is -0.195. The molecule has 2 nitrogen and oxygen atoms in total. The van der Waals surface area contributed by atoms with E-state index in [1.807, 2.05) is 0 Å². The van der Waals surface area contributed by atoms with Crippen molar-refractivity contribution < 1.29 is 9.47 Å². The second-order valence-electron chi connectivity index (χ2n) is 14.8. The molecule has 5 aliphatic rings. The highest BCUT2D eigenvalue weighted by Gasteiger charge is 2.59. The van der Waals surface area contributed by atoms with E-state index in [1.54, 1.807) is 5.57 Å². The van der Waals surface area contributed by atoms with Gasteiger partial charge in [0.15, 0.2) is 6.29 Å². The van der Waals surface area contributed by atoms with Gasteiger partial charge in [-0.25, -0.2) is 0 Å². The number of fused-ring (bicyclic) bond motifs is 5. The molecule has 0 amide bonds. The Hall–Kier alpha value is -0.340. The fraction of sp³-hybridized carbons (Fsp3) is 0.941. The van der Waals surface area contributed by atoms with E-state index in [4.69, 9.17) is 9.47 Å². The Kier molecular flexibility index (Phi) is 8.35. The maximum absolute atomic E-state index is 6.49. The molecule has 0 aromatic rings. The minimum Gasteiger partial charge on any atom is -0.353 e. The van der Waals surface area contributed by atoms with Crippen molar-refractivity contribution in [2.24, 2.45) is 52.3 Å². The molecule has 4 aliphatic carbocycles. The summed E-state index contributed by atoms with van der Waals surface area (Å²) in [7, 11) is 0. The van der Waals surface area contributed by atoms with Crippen LogP contribution in [-0.4, -0.2) is 19.0 Å². The average molecular weight is 499 g/mol. The van der Waals surface area contributed by atoms with Crippen LogP contribution in [0.15, 0.2) is 11.6 Å². The minimum absolute atomic E-state index is 0.0611. The molecule has 3 saturated carbocycles. The molecule has 1 aliphatic heterocycles. The summed E-state index contributed by atoms with van der Waals surface area (Å²) >= 11 is 0. The van der Waals surface area contributed by atoms with Crippen molar-refractivity contribution in [2.75, 3.05) is 6.61 Å². The Bertz CT molecular complexity index is 765. The van der Waals surface area contributed by atoms with E-state index >= 15 is 0 Å². The van der Waals surface area contributed by atoms with Crippen molar-refractivity contribution in [2.45, 2.75) is 144 Å². The smallest absolute Gasteiger partial charge is 0.157 e. The highest BCUT2D eigenvalue weighted by atomic mass is 16.7. The Morgan fingerprint density at radius 3 is 2.53 bits per heavy atom. The SMILES string of the molecule is CC[C@H](CC[C@H](C)[C@@H]1CC[C@@H]2[C@H]3CC=C4C[C@@H](O[C@@H]5CCCCO5)CC[C@]4(C)[C@@H]3CC[C@@]21C)C(C)C. The third-order valence-corrected chi connectivity index (χ3v) is 12.8. The highest BCUT2D eigenvalue weighted by Crippen LogP contribution is 2.67. The summed E-state index contributed by atoms with van der Waals surface area (Å²) in [5, 5.41) is 0. The molecule has 1 saturated heterocycles. The van der Waals surface area contributed by atoms with Gasteiger partial charge in [0.05, 0.1) is 6.10 Å². The lowest BCUT2D eigenvalue weighted by atomic mass is 9.47. The van der Waals surface area contributed by atoms with Gasteiger partial charge in [0.2, 0.25) is 0 Å². The van der Waals surface area contributed by atoms with Crippen molar-refractivity contribution in [3.8, 4) is 0 Å². The monoisotopic (exact) mass is 498 g/mol. The van der Waals surface area contributed by atoms with Crippen LogP contribution in [0.1, 0.15) is 131 Å². The van der Waals surface area contributed by atoms with E-state index in [0.717, 1.165) is 60.9 Å². The zero-order valence-corrected chi connectivity index (χ0v) is 24.7. The Morgan fingerprint density at radius 2 is 1.81 bits per heavy atom. The molecule has 0 spiro atoms. The third-order valence-electron chi connectivity index (χ3n) is 12.8. The first-order valence-corrected chi connectivity index (χ1v) is 16.2. The summed E-state index contributed by atoms with van der Waals surface area (Å²) in [5.74, 6) is 6.38. The zero-order valence-electron chi connectivity index (χ0n) is 24.7. The molecule has 4 fully saturated rings. The summed E-state index contributed by atoms with van der Waals surface area (Å²) in [5.41, 5.74) is 2.76. The summed E-state index contributed by atoms with van der Waals surface area (Å²) in [6.45, 7) is 16.2. The number of ether oxygens (including phenoxy) is 2. The minimum atomic E-state index is 0.0611. The molecule has 1 heterocycles. The fourth-order valence-electron chi connectivity index (χ4n) is 10.4. The molecule has 5 rings (SSSR count). The summed E-state index contributed by atoms with van der Waals surface area (Å²) in [4.78, 5) is 0. The lowest BCUT2D eigenvalue weighted by Gasteiger charge is -2.58. The molecule has 0 radical (unpaired) electrons. The molecular formula is C34H58O2. The van der Waals surface area contributed by atoms with Gasteiger partial charge in [-0.2, -0.15) is 0 Å². The van der Waals surface area contributed by atoms with Crippen LogP contribution in [0.5, 0.6) is 0 Å². The summed E-state index contributed by atoms with van der Waals surface area (Å²) in [6.07, 6.45) is 22.0. The molecule has 2 heteroatoms. The van der Waals surface area contributed by atoms with Gasteiger partial charge in [0.25, 0.3) is 0 Å². The van der Waals surface area contributed by atoms with Gasteiger partial charge in [-0.15, -0.1) is 0 Å². The first-order chi connectivity index (χ1) is 17.3. The molecule has 0 aromatic heterocycles. The third kappa shape index (κ3) is 5.01. The van der Waals surface area contributed by atoms with Gasteiger partial charge in [-0.1, -0.05) is 66.0 Å². The van der Waals surface area contributed by atoms with E-state index < -0.39 is 0 Å². The molecular weight excluding hydrogens is 440 g/mol. The normalized spacial score (nSPS) is 44.4. The topological polar surface area (TPSA) is 18.5 Å². The number of hydrogen-bond donors (Lipinski definition) is 0. The van der Waals surface area contributed by atoms with Gasteiger partial charge in [0, 0.05) is 6.61 Å². The quantitative estimate of drug-likeness (QED) is 0.310. The molecule has 206 valence electrons. The van der Waals surface area contributed by atoms with Crippen LogP contribution in [0.25, 0.3) is 0 Å². The molecule has 0 aromatic carbocycles. The standard InChI is InChI=1S/C34H58O2/c1-7-25(23(2)3)12-11-24(4)29-15-16-30-28-14-13-26-22-27(36-32-10-8-9-21-35-32)17-19-33(26,5)31(28)18-20-34(29,30)6/h13,23-25,27-32H,7-12,14-22H2,1-6H3/t24-,25+,27-,28+,29-,30+,31+,32+,33-,34+/m0/s1. The largest absolute Gasteiger partial charge is 0.353 e. The van der Waals surface area contributed by atoms with Crippen molar-refractivity contribution in [1.82, 2.24) is 0 Å². The van der Waals surface area contributed by atoms with Gasteiger partial charge >= 0.3 is 0 Å². The van der Waals surface area contributed by atoms with Crippen molar-refractivity contribution >= 4 is 0 Å². The molecule has 10 atom stereocenters. The first-order valence-electron chi connectivity index (χ1n) is 16.2. The maximum Gasteiger partial charge on any atom is 0.157 e. The number of hydrogen-bond acceptors (Lipinski definition) is 2. The van der Waals surface area contributed by atoms with Gasteiger partial charge < -0.3 is 9.47 Å². The van der Waals surface area contributed by atoms with Crippen LogP contribution in [0, 0.1) is 52.3 Å². The van der Waals surface area contributed by atoms with Gasteiger partial charge in [-0.3, -0.25) is 0 Å². The first kappa shape index (κ1) is 27.2. The van der Waals surface area contributed by atoms with E-state index in [0.29, 0.717) is 16.9 Å². The Labute approximate surface area is 223 Å². The predicted octanol–water partition coefficient (Wildman–Crippen LogP) is 9.58. The Morgan fingerprint density at radius 1 is 0.972 bits per heavy atom. The van der Waals surface area contributed by atoms with E-state index in [2.05, 4.69) is 47.6 Å². The number of allylic oxidation sites excluding steroid dienone is 1. The van der Waals surface area contributed by atoms with Crippen molar-refractivity contribution in [3.63, 3.8) is 0 Å². The second kappa shape index (κ2) is 11.0. The number of rotatable bonds is 8. The van der Waals surface area contributed by atoms with Crippen LogP contribution < -0.4 is 0 Å². The predicted molar refractivity (Wildman–Crippen MR) is 151 cm³/mol. The molecule has 0 unspecified atom stereocenters. The second-order valence-corrected chi connectivity index (χ2v) is 14.8. The van der Waals surface area contributed by atoms with Crippen LogP contribution in [0.3, 0.4) is 0 Å². The van der Waals surface area contributed by atoms with Crippen LogP contribution in [-0.2, 0) is 9.47 Å². The van der Waals surface area contributed by atoms with Gasteiger partial charge in [0.1, 0.15) is 0 Å². The summed E-state index contributed by atoms with van der Waals surface area (Å²) < 4.78 is 12.4. The molecule has 36 heavy (non-hydrogen) atoms. The van der Waals surface area contributed by atoms with Crippen molar-refractivity contribution in [3.05, 3.63) is 11.6 Å². The average Bonchev–Trinajstić information content (AvgIpc) is 3.22. The van der Waals surface area contributed by atoms with Gasteiger partial charge in [-0.05, 0) is 129 Å². The van der Waals surface area contributed by atoms with E-state index in [1.165, 1.54) is 77.0 Å². The van der Waals surface area contributed by atoms with E-state index in [-0.39, 0.29) is 6.29 Å². The summed E-state index contributed by atoms with van der Waals surface area (Å²) in [6, 6.07) is 0. The van der Waals surface area contributed by atoms with E-state index in [9.17, 15) is 0 Å². The lowest BCUT2D eigenvalue weighted by Crippen LogP contribution is -2.51. The zero-order chi connectivity index (χ0) is 25.5. The Balaban J connectivity index is 1.24. The van der Waals surface area contributed by atoms with Crippen molar-refractivity contribution in [1.29, 1.82) is 0 Å². The fourth-order valence-corrected chi connectivity index (χ4v) is 10.4. The van der Waals surface area contributed by atoms with Crippen LogP contribution in [0.4, 0.5) is 0 Å². The maximum atomic E-state index is 6.49. The highest BCUT2D eigenvalue weighted by molar-refractivity contribution is 5.25. The molecule has 0 N–H and O–H groups in total.